The van der Waals surface area contributed by atoms with E-state index in [1.807, 2.05) is 0 Å². The topological polar surface area (TPSA) is 91.2 Å². The van der Waals surface area contributed by atoms with Crippen molar-refractivity contribution in [2.24, 2.45) is 11.1 Å². The van der Waals surface area contributed by atoms with E-state index >= 15 is 0 Å². The Bertz CT molecular complexity index is 947. The monoisotopic (exact) mass is 420 g/mol. The Kier molecular flexibility index (Phi) is 5.24. The third kappa shape index (κ3) is 4.17. The maximum Gasteiger partial charge on any atom is 0.435 e. The molecule has 0 radical (unpaired) electrons. The van der Waals surface area contributed by atoms with E-state index in [0.29, 0.717) is 4.68 Å². The zero-order valence-corrected chi connectivity index (χ0v) is 14.8. The maximum absolute atomic E-state index is 13.6. The van der Waals surface area contributed by atoms with Crippen LogP contribution in [0.5, 0.6) is 0 Å². The van der Waals surface area contributed by atoms with Gasteiger partial charge in [-0.2, -0.15) is 36.1 Å². The van der Waals surface area contributed by atoms with Gasteiger partial charge in [-0.05, 0) is 24.1 Å². The summed E-state index contributed by atoms with van der Waals surface area (Å²) >= 11 is 0. The predicted octanol–water partition coefficient (Wildman–Crippen LogP) is 3.62. The Morgan fingerprint density at radius 1 is 1.14 bits per heavy atom. The first-order chi connectivity index (χ1) is 13.5. The zero-order valence-electron chi connectivity index (χ0n) is 14.8. The van der Waals surface area contributed by atoms with Crippen LogP contribution in [0.25, 0.3) is 11.5 Å². The van der Waals surface area contributed by atoms with Gasteiger partial charge >= 0.3 is 12.4 Å². The number of nitrogen functional groups attached to an aromatic ring is 1. The largest absolute Gasteiger partial charge is 0.435 e. The van der Waals surface area contributed by atoms with E-state index in [4.69, 9.17) is 5.73 Å². The SMILES string of the molecule is CON=C1C=C(c2c(C(F)(F)F)nn(-c3ncccn3)c2N)CC(C(F)(F)F)C1. The summed E-state index contributed by atoms with van der Waals surface area (Å²) in [5, 5.41) is 6.91. The quantitative estimate of drug-likeness (QED) is 0.605. The number of oxime groups is 1. The first-order valence-corrected chi connectivity index (χ1v) is 8.13. The first-order valence-electron chi connectivity index (χ1n) is 8.13. The number of aromatic nitrogens is 4. The molecule has 0 amide bonds. The highest BCUT2D eigenvalue weighted by molar-refractivity contribution is 6.03. The van der Waals surface area contributed by atoms with Crippen LogP contribution in [0.4, 0.5) is 32.2 Å². The van der Waals surface area contributed by atoms with Crippen LogP contribution in [0.1, 0.15) is 24.1 Å². The first kappa shape index (κ1) is 20.6. The Morgan fingerprint density at radius 2 is 1.79 bits per heavy atom. The summed E-state index contributed by atoms with van der Waals surface area (Å²) in [6.07, 6.45) is -7.25. The average Bonchev–Trinajstić information content (AvgIpc) is 2.99. The molecule has 0 bridgehead atoms. The molecule has 7 nitrogen and oxygen atoms in total. The van der Waals surface area contributed by atoms with Crippen LogP contribution in [-0.2, 0) is 11.0 Å². The molecule has 0 saturated carbocycles. The molecule has 1 unspecified atom stereocenters. The molecule has 2 heterocycles. The lowest BCUT2D eigenvalue weighted by Crippen LogP contribution is -2.28. The number of hydrogen-bond donors (Lipinski definition) is 1. The van der Waals surface area contributed by atoms with E-state index in [9.17, 15) is 26.3 Å². The highest BCUT2D eigenvalue weighted by Crippen LogP contribution is 2.45. The zero-order chi connectivity index (χ0) is 21.4. The summed E-state index contributed by atoms with van der Waals surface area (Å²) in [6.45, 7) is 0. The van der Waals surface area contributed by atoms with Gasteiger partial charge in [0.2, 0.25) is 0 Å². The molecule has 1 aliphatic carbocycles. The highest BCUT2D eigenvalue weighted by Gasteiger charge is 2.46. The summed E-state index contributed by atoms with van der Waals surface area (Å²) in [7, 11) is 1.12. The Labute approximate surface area is 159 Å². The standard InChI is InChI=1S/C16H14F6N6O/c1-29-27-10-6-8(5-9(7-10)15(17,18)19)11-12(16(20,21)22)26-28(13(11)23)14-24-3-2-4-25-14/h2-4,6,9H,5,7,23H2,1H3. The molecule has 0 spiro atoms. The van der Waals surface area contributed by atoms with Gasteiger partial charge in [-0.25, -0.2) is 9.97 Å². The van der Waals surface area contributed by atoms with E-state index in [2.05, 4.69) is 25.1 Å². The summed E-state index contributed by atoms with van der Waals surface area (Å²) in [5.74, 6) is -2.74. The molecule has 2 aromatic heterocycles. The van der Waals surface area contributed by atoms with Gasteiger partial charge in [-0.3, -0.25) is 0 Å². The van der Waals surface area contributed by atoms with Crippen LogP contribution in [0.2, 0.25) is 0 Å². The second kappa shape index (κ2) is 7.37. The molecule has 0 aromatic carbocycles. The fourth-order valence-electron chi connectivity index (χ4n) is 2.99. The van der Waals surface area contributed by atoms with E-state index < -0.39 is 48.2 Å². The lowest BCUT2D eigenvalue weighted by atomic mass is 9.84. The van der Waals surface area contributed by atoms with Gasteiger partial charge in [-0.15, -0.1) is 0 Å². The van der Waals surface area contributed by atoms with Gasteiger partial charge in [0.25, 0.3) is 5.95 Å². The molecule has 0 saturated heterocycles. The lowest BCUT2D eigenvalue weighted by molar-refractivity contribution is -0.171. The van der Waals surface area contributed by atoms with Crippen LogP contribution in [0.15, 0.2) is 29.7 Å². The minimum atomic E-state index is -4.98. The molecule has 0 aliphatic heterocycles. The second-order valence-corrected chi connectivity index (χ2v) is 6.15. The minimum Gasteiger partial charge on any atom is -0.399 e. The van der Waals surface area contributed by atoms with Crippen LogP contribution < -0.4 is 5.73 Å². The van der Waals surface area contributed by atoms with Crippen molar-refractivity contribution < 1.29 is 31.2 Å². The van der Waals surface area contributed by atoms with Gasteiger partial charge in [0.05, 0.1) is 17.2 Å². The summed E-state index contributed by atoms with van der Waals surface area (Å²) in [6, 6.07) is 1.43. The summed E-state index contributed by atoms with van der Waals surface area (Å²) < 4.78 is 81.5. The van der Waals surface area contributed by atoms with Crippen molar-refractivity contribution in [3.63, 3.8) is 0 Å². The second-order valence-electron chi connectivity index (χ2n) is 6.15. The van der Waals surface area contributed by atoms with Crippen LogP contribution >= 0.6 is 0 Å². The Hall–Kier alpha value is -3.12. The minimum absolute atomic E-state index is 0.160. The molecule has 1 aliphatic rings. The third-order valence-electron chi connectivity index (χ3n) is 4.19. The average molecular weight is 420 g/mol. The number of anilines is 1. The fourth-order valence-corrected chi connectivity index (χ4v) is 2.99. The normalized spacial score (nSPS) is 19.3. The molecular weight excluding hydrogens is 406 g/mol. The number of hydrogen-bond acceptors (Lipinski definition) is 6. The van der Waals surface area contributed by atoms with Crippen molar-refractivity contribution in [1.82, 2.24) is 19.7 Å². The fraction of sp³-hybridized carbons (Fsp3) is 0.375. The summed E-state index contributed by atoms with van der Waals surface area (Å²) in [4.78, 5) is 12.1. The number of rotatable bonds is 3. The number of alkyl halides is 6. The van der Waals surface area contributed by atoms with E-state index in [1.165, 1.54) is 18.5 Å². The molecule has 2 aromatic rings. The van der Waals surface area contributed by atoms with Gasteiger partial charge in [-0.1, -0.05) is 5.16 Å². The van der Waals surface area contributed by atoms with Crippen LogP contribution in [-0.4, -0.2) is 38.7 Å². The molecule has 1 atom stereocenters. The number of halogens is 6. The highest BCUT2D eigenvalue weighted by atomic mass is 19.4. The Balaban J connectivity index is 2.20. The van der Waals surface area contributed by atoms with Crippen LogP contribution in [0, 0.1) is 5.92 Å². The van der Waals surface area contributed by atoms with Gasteiger partial charge in [0, 0.05) is 18.8 Å². The van der Waals surface area contributed by atoms with Crippen molar-refractivity contribution in [2.75, 3.05) is 12.8 Å². The Morgan fingerprint density at radius 3 is 2.34 bits per heavy atom. The van der Waals surface area contributed by atoms with Crippen molar-refractivity contribution in [2.45, 2.75) is 25.2 Å². The summed E-state index contributed by atoms with van der Waals surface area (Å²) in [5.41, 5.74) is 3.30. The molecule has 3 rings (SSSR count). The molecule has 0 fully saturated rings. The maximum atomic E-state index is 13.6. The number of nitrogens with zero attached hydrogens (tertiary/aromatic N) is 5. The number of allylic oxidation sites excluding steroid dienone is 2. The third-order valence-corrected chi connectivity index (χ3v) is 4.19. The van der Waals surface area contributed by atoms with Gasteiger partial charge < -0.3 is 10.6 Å². The van der Waals surface area contributed by atoms with E-state index in [0.717, 1.165) is 13.2 Å². The smallest absolute Gasteiger partial charge is 0.399 e. The van der Waals surface area contributed by atoms with Gasteiger partial charge in [0.1, 0.15) is 12.9 Å². The number of nitrogens with two attached hydrogens (primary N) is 1. The van der Waals surface area contributed by atoms with E-state index in [1.54, 1.807) is 0 Å². The van der Waals surface area contributed by atoms with Crippen molar-refractivity contribution >= 4 is 17.1 Å². The predicted molar refractivity (Wildman–Crippen MR) is 89.8 cm³/mol. The van der Waals surface area contributed by atoms with Crippen molar-refractivity contribution in [3.05, 3.63) is 35.8 Å². The van der Waals surface area contributed by atoms with Crippen LogP contribution in [0.3, 0.4) is 0 Å². The molecule has 156 valence electrons. The molecule has 29 heavy (non-hydrogen) atoms. The van der Waals surface area contributed by atoms with E-state index in [-0.39, 0.29) is 17.2 Å². The molecule has 2 N–H and O–H groups in total. The van der Waals surface area contributed by atoms with Gasteiger partial charge in [0.15, 0.2) is 5.69 Å². The lowest BCUT2D eigenvalue weighted by Gasteiger charge is -2.26. The van der Waals surface area contributed by atoms with Crippen molar-refractivity contribution in [1.29, 1.82) is 0 Å². The molecule has 13 heteroatoms. The molecular formula is C16H14F6N6O. The van der Waals surface area contributed by atoms with Crippen molar-refractivity contribution in [3.8, 4) is 5.95 Å².